The lowest BCUT2D eigenvalue weighted by atomic mass is 10.2. The Balaban J connectivity index is 3.25. The molecule has 0 radical (unpaired) electrons. The van der Waals surface area contributed by atoms with Crippen LogP contribution in [0.5, 0.6) is 0 Å². The van der Waals surface area contributed by atoms with Gasteiger partial charge in [0.25, 0.3) is 5.69 Å². The van der Waals surface area contributed by atoms with Gasteiger partial charge >= 0.3 is 6.18 Å². The maximum atomic E-state index is 12.2. The Morgan fingerprint density at radius 3 is 2.47 bits per heavy atom. The molecule has 0 saturated carbocycles. The highest BCUT2D eigenvalue weighted by molar-refractivity contribution is 9.08. The molecule has 15 heavy (non-hydrogen) atoms. The Labute approximate surface area is 90.4 Å². The van der Waals surface area contributed by atoms with Crippen molar-refractivity contribution in [3.05, 3.63) is 33.6 Å². The molecule has 0 spiro atoms. The van der Waals surface area contributed by atoms with Crippen molar-refractivity contribution >= 4 is 21.6 Å². The molecule has 8 heteroatoms. The summed E-state index contributed by atoms with van der Waals surface area (Å²) in [5.74, 6) is 0. The van der Waals surface area contributed by atoms with E-state index in [4.69, 9.17) is 0 Å². The van der Waals surface area contributed by atoms with Gasteiger partial charge in [-0.15, -0.1) is 0 Å². The molecule has 1 aromatic rings. The molecule has 1 aromatic heterocycles. The fraction of sp³-hybridized carbons (Fsp3) is 0.286. The van der Waals surface area contributed by atoms with E-state index in [-0.39, 0.29) is 11.0 Å². The van der Waals surface area contributed by atoms with Crippen LogP contribution in [0.25, 0.3) is 0 Å². The Bertz CT molecular complexity index is 394. The molecule has 0 aliphatic carbocycles. The predicted molar refractivity (Wildman–Crippen MR) is 48.5 cm³/mol. The Morgan fingerprint density at radius 2 is 2.07 bits per heavy atom. The van der Waals surface area contributed by atoms with E-state index in [1.807, 2.05) is 0 Å². The minimum absolute atomic E-state index is 0.104. The van der Waals surface area contributed by atoms with Crippen LogP contribution in [-0.4, -0.2) is 9.91 Å². The molecular weight excluding hydrogens is 281 g/mol. The summed E-state index contributed by atoms with van der Waals surface area (Å²) in [4.78, 5) is 12.8. The van der Waals surface area contributed by atoms with E-state index in [9.17, 15) is 23.3 Å². The third-order valence-corrected chi connectivity index (χ3v) is 2.09. The number of hydrogen-bond donors (Lipinski definition) is 0. The first-order valence-corrected chi connectivity index (χ1v) is 4.76. The van der Waals surface area contributed by atoms with Gasteiger partial charge < -0.3 is 0 Å². The molecule has 0 atom stereocenters. The third-order valence-electron chi connectivity index (χ3n) is 1.56. The van der Waals surface area contributed by atoms with Crippen LogP contribution in [0.2, 0.25) is 0 Å². The molecule has 0 aromatic carbocycles. The third kappa shape index (κ3) is 2.65. The number of nitrogens with zero attached hydrogens (tertiary/aromatic N) is 2. The molecule has 82 valence electrons. The van der Waals surface area contributed by atoms with Gasteiger partial charge in [0.2, 0.25) is 0 Å². The van der Waals surface area contributed by atoms with Gasteiger partial charge in [-0.25, -0.2) is 4.98 Å². The van der Waals surface area contributed by atoms with E-state index in [2.05, 4.69) is 20.9 Å². The largest absolute Gasteiger partial charge is 0.433 e. The smallest absolute Gasteiger partial charge is 0.258 e. The fourth-order valence-corrected chi connectivity index (χ4v) is 1.33. The molecule has 0 aliphatic heterocycles. The molecule has 1 heterocycles. The normalized spacial score (nSPS) is 11.5. The topological polar surface area (TPSA) is 56.0 Å². The molecule has 0 amide bonds. The van der Waals surface area contributed by atoms with Crippen LogP contribution in [0.15, 0.2) is 12.1 Å². The highest BCUT2D eigenvalue weighted by Crippen LogP contribution is 2.30. The number of hydrogen-bond acceptors (Lipinski definition) is 3. The van der Waals surface area contributed by atoms with Crippen LogP contribution in [0.3, 0.4) is 0 Å². The lowest BCUT2D eigenvalue weighted by Gasteiger charge is -2.06. The van der Waals surface area contributed by atoms with Crippen LogP contribution in [0, 0.1) is 10.1 Å². The van der Waals surface area contributed by atoms with Crippen molar-refractivity contribution in [2.45, 2.75) is 11.5 Å². The highest BCUT2D eigenvalue weighted by Gasteiger charge is 2.34. The summed E-state index contributed by atoms with van der Waals surface area (Å²) in [6.07, 6.45) is -4.59. The zero-order valence-corrected chi connectivity index (χ0v) is 8.67. The summed E-state index contributed by atoms with van der Waals surface area (Å²) in [6, 6.07) is 1.39. The van der Waals surface area contributed by atoms with E-state index < -0.39 is 22.5 Å². The summed E-state index contributed by atoms with van der Waals surface area (Å²) in [6.45, 7) is 0. The van der Waals surface area contributed by atoms with Crippen molar-refractivity contribution in [1.29, 1.82) is 0 Å². The van der Waals surface area contributed by atoms with Gasteiger partial charge in [-0.2, -0.15) is 13.2 Å². The van der Waals surface area contributed by atoms with Crippen molar-refractivity contribution in [3.8, 4) is 0 Å². The minimum atomic E-state index is -4.59. The summed E-state index contributed by atoms with van der Waals surface area (Å²) in [5, 5.41) is 10.3. The maximum Gasteiger partial charge on any atom is 0.433 e. The Kier molecular flexibility index (Phi) is 3.28. The summed E-state index contributed by atoms with van der Waals surface area (Å²) in [5.41, 5.74) is -1.81. The first kappa shape index (κ1) is 11.9. The molecule has 0 aliphatic rings. The molecule has 0 N–H and O–H groups in total. The molecule has 0 bridgehead atoms. The molecule has 4 nitrogen and oxygen atoms in total. The lowest BCUT2D eigenvalue weighted by Crippen LogP contribution is -2.10. The second-order valence-electron chi connectivity index (χ2n) is 2.55. The zero-order valence-electron chi connectivity index (χ0n) is 7.08. The number of alkyl halides is 4. The van der Waals surface area contributed by atoms with Gasteiger partial charge in [-0.1, -0.05) is 15.9 Å². The standard InChI is InChI=1S/C7H4BrF3N2O2/c8-3-4-5(13(14)15)1-2-6(12-4)7(9,10)11/h1-2H,3H2. The number of nitro groups is 1. The average Bonchev–Trinajstić information content (AvgIpc) is 2.15. The molecule has 0 unspecified atom stereocenters. The van der Waals surface area contributed by atoms with Gasteiger partial charge in [-0.3, -0.25) is 10.1 Å². The van der Waals surface area contributed by atoms with Gasteiger partial charge in [0.05, 0.1) is 10.3 Å². The quantitative estimate of drug-likeness (QED) is 0.477. The van der Waals surface area contributed by atoms with Crippen LogP contribution in [0.4, 0.5) is 18.9 Å². The average molecular weight is 285 g/mol. The maximum absolute atomic E-state index is 12.2. The lowest BCUT2D eigenvalue weighted by molar-refractivity contribution is -0.385. The molecule has 0 fully saturated rings. The monoisotopic (exact) mass is 284 g/mol. The summed E-state index contributed by atoms with van der Waals surface area (Å²) >= 11 is 2.84. The van der Waals surface area contributed by atoms with Crippen LogP contribution in [0.1, 0.15) is 11.4 Å². The fourth-order valence-electron chi connectivity index (χ4n) is 0.916. The van der Waals surface area contributed by atoms with Crippen molar-refractivity contribution in [1.82, 2.24) is 4.98 Å². The number of rotatable bonds is 2. The summed E-state index contributed by atoms with van der Waals surface area (Å²) in [7, 11) is 0. The number of aromatic nitrogens is 1. The Hall–Kier alpha value is -1.18. The molecule has 0 saturated heterocycles. The van der Waals surface area contributed by atoms with Gasteiger partial charge in [0, 0.05) is 6.07 Å². The number of halogens is 4. The first-order chi connectivity index (χ1) is 6.86. The van der Waals surface area contributed by atoms with Gasteiger partial charge in [0.1, 0.15) is 11.4 Å². The van der Waals surface area contributed by atoms with Gasteiger partial charge in [-0.05, 0) is 6.07 Å². The van der Waals surface area contributed by atoms with Crippen LogP contribution in [-0.2, 0) is 11.5 Å². The SMILES string of the molecule is O=[N+]([O-])c1ccc(C(F)(F)F)nc1CBr. The molecular formula is C7H4BrF3N2O2. The molecule has 1 rings (SSSR count). The van der Waals surface area contributed by atoms with Crippen molar-refractivity contribution in [2.24, 2.45) is 0 Å². The first-order valence-electron chi connectivity index (χ1n) is 3.63. The van der Waals surface area contributed by atoms with Crippen LogP contribution >= 0.6 is 15.9 Å². The Morgan fingerprint density at radius 1 is 1.47 bits per heavy atom. The highest BCUT2D eigenvalue weighted by atomic mass is 79.9. The van der Waals surface area contributed by atoms with Gasteiger partial charge in [0.15, 0.2) is 0 Å². The number of pyridine rings is 1. The second kappa shape index (κ2) is 4.13. The van der Waals surface area contributed by atoms with Crippen molar-refractivity contribution in [2.75, 3.05) is 0 Å². The van der Waals surface area contributed by atoms with Crippen LogP contribution < -0.4 is 0 Å². The van der Waals surface area contributed by atoms with Crippen molar-refractivity contribution < 1.29 is 18.1 Å². The minimum Gasteiger partial charge on any atom is -0.258 e. The predicted octanol–water partition coefficient (Wildman–Crippen LogP) is 2.90. The van der Waals surface area contributed by atoms with E-state index in [1.54, 1.807) is 0 Å². The zero-order chi connectivity index (χ0) is 11.6. The summed E-state index contributed by atoms with van der Waals surface area (Å²) < 4.78 is 36.6. The van der Waals surface area contributed by atoms with E-state index >= 15 is 0 Å². The van der Waals surface area contributed by atoms with E-state index in [0.717, 1.165) is 6.07 Å². The second-order valence-corrected chi connectivity index (χ2v) is 3.11. The van der Waals surface area contributed by atoms with Crippen molar-refractivity contribution in [3.63, 3.8) is 0 Å². The van der Waals surface area contributed by atoms with E-state index in [0.29, 0.717) is 6.07 Å². The van der Waals surface area contributed by atoms with E-state index in [1.165, 1.54) is 0 Å².